The van der Waals surface area contributed by atoms with Crippen LogP contribution in [0.4, 0.5) is 0 Å². The zero-order valence-electron chi connectivity index (χ0n) is 16.9. The molecule has 2 aliphatic rings. The number of rotatable bonds is 7. The first-order valence-corrected chi connectivity index (χ1v) is 10.9. The second-order valence-electron chi connectivity index (χ2n) is 7.74. The van der Waals surface area contributed by atoms with E-state index >= 15 is 0 Å². The fourth-order valence-electron chi connectivity index (χ4n) is 4.10. The molecule has 8 heteroatoms. The summed E-state index contributed by atoms with van der Waals surface area (Å²) in [6.07, 6.45) is 2.88. The molecule has 166 valence electrons. The van der Waals surface area contributed by atoms with Crippen LogP contribution in [0, 0.1) is 11.8 Å². The number of esters is 2. The minimum absolute atomic E-state index is 0.146. The summed E-state index contributed by atoms with van der Waals surface area (Å²) in [6.45, 7) is -0.210. The summed E-state index contributed by atoms with van der Waals surface area (Å²) >= 11 is 11.9. The van der Waals surface area contributed by atoms with Crippen LogP contribution in [0.1, 0.15) is 23.2 Å². The minimum Gasteiger partial charge on any atom is -0.485 e. The average molecular weight is 475 g/mol. The lowest BCUT2D eigenvalue weighted by molar-refractivity contribution is -0.141. The molecule has 1 aliphatic heterocycles. The molecule has 32 heavy (non-hydrogen) atoms. The summed E-state index contributed by atoms with van der Waals surface area (Å²) < 4.78 is 16.5. The molecule has 1 aliphatic carbocycles. The number of carbonyl (C=O) groups excluding carboxylic acids is 3. The summed E-state index contributed by atoms with van der Waals surface area (Å²) in [5.41, 5.74) is 0.439. The first kappa shape index (κ1) is 22.4. The Labute approximate surface area is 195 Å². The van der Waals surface area contributed by atoms with Gasteiger partial charge in [-0.05, 0) is 36.4 Å². The van der Waals surface area contributed by atoms with E-state index < -0.39 is 12.1 Å². The van der Waals surface area contributed by atoms with Gasteiger partial charge < -0.3 is 14.2 Å². The molecule has 0 N–H and O–H groups in total. The van der Waals surface area contributed by atoms with Crippen LogP contribution in [0.3, 0.4) is 0 Å². The summed E-state index contributed by atoms with van der Waals surface area (Å²) in [4.78, 5) is 36.6. The second-order valence-corrected chi connectivity index (χ2v) is 8.61. The van der Waals surface area contributed by atoms with Crippen LogP contribution in [0.25, 0.3) is 0 Å². The highest BCUT2D eigenvalue weighted by atomic mass is 35.5. The number of hydrogen-bond donors (Lipinski definition) is 0. The Morgan fingerprint density at radius 3 is 2.53 bits per heavy atom. The van der Waals surface area contributed by atoms with E-state index in [4.69, 9.17) is 37.4 Å². The third kappa shape index (κ3) is 5.31. The molecule has 0 unspecified atom stereocenters. The van der Waals surface area contributed by atoms with Gasteiger partial charge in [0.1, 0.15) is 18.0 Å². The van der Waals surface area contributed by atoms with Gasteiger partial charge in [-0.15, -0.1) is 0 Å². The van der Waals surface area contributed by atoms with Crippen molar-refractivity contribution in [3.05, 3.63) is 76.3 Å². The maximum absolute atomic E-state index is 12.5. The zero-order valence-corrected chi connectivity index (χ0v) is 18.4. The molecule has 1 heterocycles. The first-order chi connectivity index (χ1) is 15.4. The van der Waals surface area contributed by atoms with E-state index in [0.29, 0.717) is 27.8 Å². The van der Waals surface area contributed by atoms with E-state index in [9.17, 15) is 14.4 Å². The summed E-state index contributed by atoms with van der Waals surface area (Å²) in [7, 11) is 0. The Balaban J connectivity index is 1.42. The maximum Gasteiger partial charge on any atom is 0.338 e. The molecular formula is C24H20Cl2O6. The minimum atomic E-state index is -0.498. The molecule has 0 amide bonds. The van der Waals surface area contributed by atoms with Gasteiger partial charge >= 0.3 is 11.9 Å². The molecule has 2 aromatic carbocycles. The first-order valence-electron chi connectivity index (χ1n) is 10.1. The number of benzene rings is 2. The van der Waals surface area contributed by atoms with E-state index in [0.717, 1.165) is 0 Å². The quantitative estimate of drug-likeness (QED) is 0.428. The fourth-order valence-corrected chi connectivity index (χ4v) is 4.61. The molecule has 2 fully saturated rings. The topological polar surface area (TPSA) is 78.9 Å². The van der Waals surface area contributed by atoms with Crippen LogP contribution >= 0.6 is 23.2 Å². The lowest BCUT2D eigenvalue weighted by Crippen LogP contribution is -2.25. The number of ketones is 1. The van der Waals surface area contributed by atoms with Crippen molar-refractivity contribution in [2.45, 2.75) is 25.0 Å². The Morgan fingerprint density at radius 1 is 1.09 bits per heavy atom. The standard InChI is InChI=1S/C24H20Cl2O6/c25-15-8-16(26)10-18(9-15)30-13-17(27)6-7-19-20-11-23(28)31-22(20)12-21(19)32-24(29)14-4-2-1-3-5-14/h1-10,19-22H,11-13H2/b7-6+/t19-,20-,21-,22+/m1/s1. The molecule has 0 spiro atoms. The smallest absolute Gasteiger partial charge is 0.338 e. The Bertz CT molecular complexity index is 1030. The van der Waals surface area contributed by atoms with Crippen molar-refractivity contribution in [3.8, 4) is 5.75 Å². The summed E-state index contributed by atoms with van der Waals surface area (Å²) in [5.74, 6) is -1.10. The molecule has 0 bridgehead atoms. The van der Waals surface area contributed by atoms with Crippen LogP contribution in [0.5, 0.6) is 5.75 Å². The van der Waals surface area contributed by atoms with Crippen LogP contribution in [0.15, 0.2) is 60.7 Å². The normalized spacial score (nSPS) is 24.2. The van der Waals surface area contributed by atoms with E-state index in [-0.39, 0.29) is 42.7 Å². The van der Waals surface area contributed by atoms with Gasteiger partial charge in [-0.3, -0.25) is 9.59 Å². The van der Waals surface area contributed by atoms with E-state index in [1.54, 1.807) is 48.5 Å². The molecule has 4 atom stereocenters. The summed E-state index contributed by atoms with van der Waals surface area (Å²) in [6, 6.07) is 13.4. The lowest BCUT2D eigenvalue weighted by Gasteiger charge is -2.20. The van der Waals surface area contributed by atoms with Gasteiger partial charge in [0.05, 0.1) is 12.0 Å². The zero-order chi connectivity index (χ0) is 22.7. The predicted octanol–water partition coefficient (Wildman–Crippen LogP) is 4.67. The fraction of sp³-hybridized carbons (Fsp3) is 0.292. The van der Waals surface area contributed by atoms with Crippen molar-refractivity contribution < 1.29 is 28.6 Å². The highest BCUT2D eigenvalue weighted by molar-refractivity contribution is 6.34. The average Bonchev–Trinajstić information content (AvgIpc) is 3.26. The van der Waals surface area contributed by atoms with Gasteiger partial charge in [0.2, 0.25) is 0 Å². The van der Waals surface area contributed by atoms with Crippen LogP contribution in [-0.2, 0) is 19.1 Å². The molecule has 0 radical (unpaired) electrons. The monoisotopic (exact) mass is 474 g/mol. The van der Waals surface area contributed by atoms with Crippen LogP contribution < -0.4 is 4.74 Å². The van der Waals surface area contributed by atoms with Gasteiger partial charge in [-0.25, -0.2) is 4.79 Å². The molecule has 6 nitrogen and oxygen atoms in total. The van der Waals surface area contributed by atoms with Gasteiger partial charge in [-0.2, -0.15) is 0 Å². The highest BCUT2D eigenvalue weighted by Gasteiger charge is 2.50. The van der Waals surface area contributed by atoms with Gasteiger partial charge in [0.15, 0.2) is 12.4 Å². The number of ether oxygens (including phenoxy) is 3. The van der Waals surface area contributed by atoms with Crippen molar-refractivity contribution in [3.63, 3.8) is 0 Å². The number of carbonyl (C=O) groups is 3. The molecule has 2 aromatic rings. The largest absolute Gasteiger partial charge is 0.485 e. The number of fused-ring (bicyclic) bond motifs is 1. The van der Waals surface area contributed by atoms with Crippen LogP contribution in [-0.4, -0.2) is 36.5 Å². The Hall–Kier alpha value is -2.83. The van der Waals surface area contributed by atoms with E-state index in [2.05, 4.69) is 0 Å². The van der Waals surface area contributed by atoms with E-state index in [1.165, 1.54) is 6.08 Å². The maximum atomic E-state index is 12.5. The number of hydrogen-bond acceptors (Lipinski definition) is 6. The summed E-state index contributed by atoms with van der Waals surface area (Å²) in [5, 5.41) is 0.808. The van der Waals surface area contributed by atoms with Crippen molar-refractivity contribution in [1.29, 1.82) is 0 Å². The number of halogens is 2. The second kappa shape index (κ2) is 9.76. The van der Waals surface area contributed by atoms with Gasteiger partial charge in [0.25, 0.3) is 0 Å². The van der Waals surface area contributed by atoms with Gasteiger partial charge in [-0.1, -0.05) is 47.5 Å². The Morgan fingerprint density at radius 2 is 1.81 bits per heavy atom. The third-order valence-electron chi connectivity index (χ3n) is 5.54. The van der Waals surface area contributed by atoms with Crippen molar-refractivity contribution >= 4 is 40.9 Å². The van der Waals surface area contributed by atoms with Crippen LogP contribution in [0.2, 0.25) is 10.0 Å². The van der Waals surface area contributed by atoms with Crippen molar-refractivity contribution in [2.24, 2.45) is 11.8 Å². The van der Waals surface area contributed by atoms with Crippen molar-refractivity contribution in [1.82, 2.24) is 0 Å². The lowest BCUT2D eigenvalue weighted by atomic mass is 9.91. The van der Waals surface area contributed by atoms with E-state index in [1.807, 2.05) is 6.07 Å². The molecule has 1 saturated carbocycles. The highest BCUT2D eigenvalue weighted by Crippen LogP contribution is 2.43. The molecule has 1 saturated heterocycles. The SMILES string of the molecule is O=C(/C=C/[C@@H]1[C@H]2CC(=O)O[C@H]2C[C@H]1OC(=O)c1ccccc1)COc1cc(Cl)cc(Cl)c1. The predicted molar refractivity (Wildman–Crippen MR) is 118 cm³/mol. The van der Waals surface area contributed by atoms with Crippen molar-refractivity contribution in [2.75, 3.05) is 6.61 Å². The third-order valence-corrected chi connectivity index (χ3v) is 5.98. The molecule has 4 rings (SSSR count). The Kier molecular flexibility index (Phi) is 6.82. The molecule has 0 aromatic heterocycles. The van der Waals surface area contributed by atoms with Gasteiger partial charge in [0, 0.05) is 28.3 Å². The molecular weight excluding hydrogens is 455 g/mol.